The number of rotatable bonds is 5. The van der Waals surface area contributed by atoms with Crippen LogP contribution >= 0.6 is 24.0 Å². The molecule has 2 aliphatic rings. The SMILES string of the molecule is CN=C(NCC(C)(C)N1CCCC(C)C1)NC1CCN(C(=O)C(C)C)C1.I. The predicted octanol–water partition coefficient (Wildman–Crippen LogP) is 2.54. The van der Waals surface area contributed by atoms with Crippen LogP contribution in [0.15, 0.2) is 4.99 Å². The molecule has 0 aromatic rings. The summed E-state index contributed by atoms with van der Waals surface area (Å²) < 4.78 is 0. The number of nitrogens with one attached hydrogen (secondary N) is 2. The quantitative estimate of drug-likeness (QED) is 0.351. The summed E-state index contributed by atoms with van der Waals surface area (Å²) in [6.07, 6.45) is 3.61. The van der Waals surface area contributed by atoms with Gasteiger partial charge in [0.25, 0.3) is 0 Å². The van der Waals surface area contributed by atoms with E-state index < -0.39 is 0 Å². The fraction of sp³-hybridized carbons (Fsp3) is 0.900. The van der Waals surface area contributed by atoms with Crippen LogP contribution in [-0.2, 0) is 4.79 Å². The Morgan fingerprint density at radius 2 is 1.93 bits per heavy atom. The van der Waals surface area contributed by atoms with Crippen LogP contribution in [0, 0.1) is 11.8 Å². The van der Waals surface area contributed by atoms with Gasteiger partial charge in [-0.25, -0.2) is 0 Å². The van der Waals surface area contributed by atoms with Gasteiger partial charge in [0, 0.05) is 50.7 Å². The van der Waals surface area contributed by atoms with Gasteiger partial charge in [-0.2, -0.15) is 0 Å². The van der Waals surface area contributed by atoms with Crippen molar-refractivity contribution in [1.29, 1.82) is 0 Å². The Morgan fingerprint density at radius 1 is 1.22 bits per heavy atom. The van der Waals surface area contributed by atoms with Crippen molar-refractivity contribution in [3.05, 3.63) is 0 Å². The lowest BCUT2D eigenvalue weighted by Crippen LogP contribution is -2.56. The lowest BCUT2D eigenvalue weighted by Gasteiger charge is -2.43. The highest BCUT2D eigenvalue weighted by Crippen LogP contribution is 2.23. The second kappa shape index (κ2) is 10.8. The zero-order chi connectivity index (χ0) is 19.3. The van der Waals surface area contributed by atoms with Gasteiger partial charge >= 0.3 is 0 Å². The van der Waals surface area contributed by atoms with Crippen LogP contribution in [0.5, 0.6) is 0 Å². The first-order valence-corrected chi connectivity index (χ1v) is 10.2. The molecule has 0 aromatic carbocycles. The summed E-state index contributed by atoms with van der Waals surface area (Å²) in [4.78, 5) is 21.1. The number of halogens is 1. The van der Waals surface area contributed by atoms with E-state index in [1.807, 2.05) is 25.8 Å². The summed E-state index contributed by atoms with van der Waals surface area (Å²) in [5, 5.41) is 7.01. The van der Waals surface area contributed by atoms with Crippen molar-refractivity contribution in [2.75, 3.05) is 39.8 Å². The second-order valence-corrected chi connectivity index (χ2v) is 9.00. The van der Waals surface area contributed by atoms with Gasteiger partial charge in [-0.05, 0) is 45.6 Å². The molecule has 7 heteroatoms. The van der Waals surface area contributed by atoms with Crippen LogP contribution in [0.3, 0.4) is 0 Å². The van der Waals surface area contributed by atoms with E-state index in [1.165, 1.54) is 25.9 Å². The summed E-state index contributed by atoms with van der Waals surface area (Å²) in [6, 6.07) is 0.280. The molecule has 2 atom stereocenters. The van der Waals surface area contributed by atoms with E-state index in [1.54, 1.807) is 0 Å². The van der Waals surface area contributed by atoms with Gasteiger partial charge < -0.3 is 15.5 Å². The second-order valence-electron chi connectivity index (χ2n) is 9.00. The first-order valence-electron chi connectivity index (χ1n) is 10.2. The summed E-state index contributed by atoms with van der Waals surface area (Å²) in [7, 11) is 1.82. The standard InChI is InChI=1S/C20H39N5O.HI/c1-15(2)18(26)24-11-9-17(13-24)23-19(21-6)22-14-20(4,5)25-10-7-8-16(3)12-25;/h15-17H,7-14H2,1-6H3,(H2,21,22,23);1H. The Labute approximate surface area is 182 Å². The van der Waals surface area contributed by atoms with E-state index >= 15 is 0 Å². The van der Waals surface area contributed by atoms with E-state index in [4.69, 9.17) is 0 Å². The van der Waals surface area contributed by atoms with E-state index in [0.717, 1.165) is 37.9 Å². The molecule has 27 heavy (non-hydrogen) atoms. The monoisotopic (exact) mass is 493 g/mol. The number of guanidine groups is 1. The minimum atomic E-state index is 0. The van der Waals surface area contributed by atoms with Crippen LogP contribution in [0.25, 0.3) is 0 Å². The summed E-state index contributed by atoms with van der Waals surface area (Å²) in [6.45, 7) is 15.7. The van der Waals surface area contributed by atoms with Crippen molar-refractivity contribution in [1.82, 2.24) is 20.4 Å². The average molecular weight is 493 g/mol. The zero-order valence-electron chi connectivity index (χ0n) is 18.0. The number of piperidine rings is 1. The maximum absolute atomic E-state index is 12.2. The Kier molecular flexibility index (Phi) is 9.82. The number of likely N-dealkylation sites (tertiary alicyclic amines) is 2. The molecule has 2 heterocycles. The fourth-order valence-corrected chi connectivity index (χ4v) is 3.98. The maximum Gasteiger partial charge on any atom is 0.225 e. The lowest BCUT2D eigenvalue weighted by molar-refractivity contribution is -0.133. The summed E-state index contributed by atoms with van der Waals surface area (Å²) in [5.74, 6) is 1.94. The van der Waals surface area contributed by atoms with Crippen molar-refractivity contribution in [2.24, 2.45) is 16.8 Å². The van der Waals surface area contributed by atoms with Gasteiger partial charge in [0.05, 0.1) is 0 Å². The number of carbonyl (C=O) groups excluding carboxylic acids is 1. The first kappa shape index (κ1) is 24.5. The number of amides is 1. The smallest absolute Gasteiger partial charge is 0.225 e. The fourth-order valence-electron chi connectivity index (χ4n) is 3.98. The molecule has 2 unspecified atom stereocenters. The molecule has 158 valence electrons. The van der Waals surface area contributed by atoms with Crippen LogP contribution < -0.4 is 10.6 Å². The normalized spacial score (nSPS) is 24.7. The lowest BCUT2D eigenvalue weighted by atomic mass is 9.93. The third kappa shape index (κ3) is 7.07. The molecule has 0 saturated carbocycles. The number of aliphatic imine (C=N–C) groups is 1. The van der Waals surface area contributed by atoms with E-state index in [2.05, 4.69) is 41.3 Å². The Balaban J connectivity index is 0.00000364. The third-order valence-electron chi connectivity index (χ3n) is 5.76. The van der Waals surface area contributed by atoms with E-state index in [-0.39, 0.29) is 47.4 Å². The molecule has 2 saturated heterocycles. The minimum absolute atomic E-state index is 0. The predicted molar refractivity (Wildman–Crippen MR) is 124 cm³/mol. The molecule has 0 bridgehead atoms. The van der Waals surface area contributed by atoms with Crippen molar-refractivity contribution in [2.45, 2.75) is 65.5 Å². The van der Waals surface area contributed by atoms with Gasteiger partial charge in [0.2, 0.25) is 5.91 Å². The van der Waals surface area contributed by atoms with Crippen molar-refractivity contribution in [3.8, 4) is 0 Å². The minimum Gasteiger partial charge on any atom is -0.355 e. The van der Waals surface area contributed by atoms with Crippen molar-refractivity contribution < 1.29 is 4.79 Å². The van der Waals surface area contributed by atoms with Crippen molar-refractivity contribution >= 4 is 35.8 Å². The summed E-state index contributed by atoms with van der Waals surface area (Å²) >= 11 is 0. The van der Waals surface area contributed by atoms with Gasteiger partial charge in [-0.1, -0.05) is 20.8 Å². The highest BCUT2D eigenvalue weighted by atomic mass is 127. The van der Waals surface area contributed by atoms with Crippen LogP contribution in [-0.4, -0.2) is 73.0 Å². The average Bonchev–Trinajstić information content (AvgIpc) is 3.06. The molecule has 2 fully saturated rings. The Bertz CT molecular complexity index is 509. The highest BCUT2D eigenvalue weighted by molar-refractivity contribution is 14.0. The molecule has 2 rings (SSSR count). The number of hydrogen-bond acceptors (Lipinski definition) is 3. The molecule has 0 aliphatic carbocycles. The Hall–Kier alpha value is -0.570. The molecular formula is C20H40IN5O. The number of nitrogens with zero attached hydrogens (tertiary/aromatic N) is 3. The summed E-state index contributed by atoms with van der Waals surface area (Å²) in [5.41, 5.74) is 0.0988. The highest BCUT2D eigenvalue weighted by Gasteiger charge is 2.31. The van der Waals surface area contributed by atoms with Gasteiger partial charge in [0.15, 0.2) is 5.96 Å². The van der Waals surface area contributed by atoms with Gasteiger partial charge in [-0.15, -0.1) is 24.0 Å². The zero-order valence-corrected chi connectivity index (χ0v) is 20.4. The maximum atomic E-state index is 12.2. The molecule has 0 radical (unpaired) electrons. The van der Waals surface area contributed by atoms with Crippen LogP contribution in [0.1, 0.15) is 53.9 Å². The molecular weight excluding hydrogens is 453 g/mol. The molecule has 2 aliphatic heterocycles. The first-order chi connectivity index (χ1) is 12.2. The van der Waals surface area contributed by atoms with Gasteiger partial charge in [0.1, 0.15) is 0 Å². The molecule has 0 aromatic heterocycles. The Morgan fingerprint density at radius 3 is 2.52 bits per heavy atom. The van der Waals surface area contributed by atoms with Crippen LogP contribution in [0.4, 0.5) is 0 Å². The topological polar surface area (TPSA) is 60.0 Å². The third-order valence-corrected chi connectivity index (χ3v) is 5.76. The number of carbonyl (C=O) groups is 1. The molecule has 2 N–H and O–H groups in total. The molecule has 0 spiro atoms. The number of hydrogen-bond donors (Lipinski definition) is 2. The van der Waals surface area contributed by atoms with E-state index in [9.17, 15) is 4.79 Å². The largest absolute Gasteiger partial charge is 0.355 e. The molecule has 1 amide bonds. The van der Waals surface area contributed by atoms with Gasteiger partial charge in [-0.3, -0.25) is 14.7 Å². The molecule has 6 nitrogen and oxygen atoms in total. The van der Waals surface area contributed by atoms with E-state index in [0.29, 0.717) is 0 Å². The van der Waals surface area contributed by atoms with Crippen LogP contribution in [0.2, 0.25) is 0 Å². The van der Waals surface area contributed by atoms with Crippen molar-refractivity contribution in [3.63, 3.8) is 0 Å².